The monoisotopic (exact) mass is 411 g/mol. The Hall–Kier alpha value is -1.99. The number of likely N-dealkylation sites (tertiary alicyclic amines) is 1. The average Bonchev–Trinajstić information content (AvgIpc) is 2.62. The van der Waals surface area contributed by atoms with Crippen molar-refractivity contribution in [3.8, 4) is 0 Å². The summed E-state index contributed by atoms with van der Waals surface area (Å²) in [4.78, 5) is 14.5. The van der Waals surface area contributed by atoms with Crippen LogP contribution in [0.5, 0.6) is 0 Å². The number of piperidine rings is 1. The van der Waals surface area contributed by atoms with Gasteiger partial charge in [0.1, 0.15) is 22.5 Å². The molecule has 1 atom stereocenters. The SMILES string of the molecule is CC1(C)CC(N2CC/C(=C(\Cl)NCc3c(F)cccc3F)C(=N)C2=O)CCO1. The van der Waals surface area contributed by atoms with Gasteiger partial charge >= 0.3 is 0 Å². The Morgan fingerprint density at radius 3 is 2.71 bits per heavy atom. The Labute approximate surface area is 168 Å². The first-order valence-electron chi connectivity index (χ1n) is 9.29. The minimum atomic E-state index is -0.676. The summed E-state index contributed by atoms with van der Waals surface area (Å²) in [5.74, 6) is -1.73. The van der Waals surface area contributed by atoms with Crippen molar-refractivity contribution < 1.29 is 18.3 Å². The van der Waals surface area contributed by atoms with Crippen LogP contribution in [0.2, 0.25) is 0 Å². The predicted molar refractivity (Wildman–Crippen MR) is 103 cm³/mol. The zero-order valence-corrected chi connectivity index (χ0v) is 16.7. The minimum Gasteiger partial charge on any atom is -0.375 e. The molecule has 28 heavy (non-hydrogen) atoms. The van der Waals surface area contributed by atoms with Gasteiger partial charge in [0, 0.05) is 36.9 Å². The van der Waals surface area contributed by atoms with Crippen LogP contribution in [0.25, 0.3) is 0 Å². The number of ether oxygens (including phenoxy) is 1. The first kappa shape index (κ1) is 20.7. The van der Waals surface area contributed by atoms with E-state index in [1.165, 1.54) is 18.2 Å². The van der Waals surface area contributed by atoms with E-state index in [1.54, 1.807) is 4.90 Å². The molecule has 1 aromatic carbocycles. The van der Waals surface area contributed by atoms with Gasteiger partial charge in [0.05, 0.1) is 5.60 Å². The number of benzene rings is 1. The van der Waals surface area contributed by atoms with Gasteiger partial charge in [-0.25, -0.2) is 8.78 Å². The van der Waals surface area contributed by atoms with Gasteiger partial charge in [0.25, 0.3) is 5.91 Å². The summed E-state index contributed by atoms with van der Waals surface area (Å²) in [5.41, 5.74) is -0.251. The third kappa shape index (κ3) is 4.36. The molecule has 1 aromatic rings. The number of amides is 1. The van der Waals surface area contributed by atoms with E-state index in [2.05, 4.69) is 5.32 Å². The van der Waals surface area contributed by atoms with Crippen LogP contribution in [0.1, 0.15) is 38.7 Å². The standard InChI is InChI=1S/C20H24ClF2N3O2/c1-20(2)10-12(7-9-28-20)26-8-6-13(17(24)19(26)27)18(21)25-11-14-15(22)4-3-5-16(14)23/h3-5,12,24-25H,6-11H2,1-2H3/b18-13-,24-17?. The summed E-state index contributed by atoms with van der Waals surface area (Å²) in [7, 11) is 0. The molecule has 2 aliphatic heterocycles. The lowest BCUT2D eigenvalue weighted by atomic mass is 9.90. The van der Waals surface area contributed by atoms with E-state index in [0.29, 0.717) is 31.6 Å². The first-order valence-corrected chi connectivity index (χ1v) is 9.66. The summed E-state index contributed by atoms with van der Waals surface area (Å²) in [6, 6.07) is 3.65. The van der Waals surface area contributed by atoms with Crippen molar-refractivity contribution >= 4 is 23.2 Å². The molecule has 0 radical (unpaired) electrons. The van der Waals surface area contributed by atoms with Crippen LogP contribution in [-0.2, 0) is 16.1 Å². The van der Waals surface area contributed by atoms with Gasteiger partial charge in [-0.1, -0.05) is 17.7 Å². The predicted octanol–water partition coefficient (Wildman–Crippen LogP) is 3.71. The third-order valence-corrected chi connectivity index (χ3v) is 5.60. The van der Waals surface area contributed by atoms with Crippen molar-refractivity contribution in [2.75, 3.05) is 13.2 Å². The number of nitrogens with one attached hydrogen (secondary N) is 2. The summed E-state index contributed by atoms with van der Waals surface area (Å²) in [6.45, 7) is 4.84. The average molecular weight is 412 g/mol. The highest BCUT2D eigenvalue weighted by atomic mass is 35.5. The second kappa shape index (κ2) is 8.17. The molecule has 0 aromatic heterocycles. The number of hydrogen-bond donors (Lipinski definition) is 2. The maximum atomic E-state index is 13.7. The van der Waals surface area contributed by atoms with Gasteiger partial charge in [-0.15, -0.1) is 0 Å². The molecule has 0 spiro atoms. The molecular formula is C20H24ClF2N3O2. The number of rotatable bonds is 4. The van der Waals surface area contributed by atoms with Gasteiger partial charge in [0.2, 0.25) is 0 Å². The van der Waals surface area contributed by atoms with Gasteiger partial charge in [-0.05, 0) is 45.2 Å². The molecule has 2 fully saturated rings. The Bertz CT molecular complexity index is 805. The van der Waals surface area contributed by atoms with E-state index < -0.39 is 11.6 Å². The molecule has 2 aliphatic rings. The molecule has 2 saturated heterocycles. The summed E-state index contributed by atoms with van der Waals surface area (Å²) in [5, 5.41) is 11.1. The molecular weight excluding hydrogens is 388 g/mol. The van der Waals surface area contributed by atoms with E-state index in [0.717, 1.165) is 6.42 Å². The first-order chi connectivity index (χ1) is 13.2. The zero-order valence-electron chi connectivity index (χ0n) is 15.9. The Kier molecular flexibility index (Phi) is 6.05. The van der Waals surface area contributed by atoms with Crippen LogP contribution in [0.4, 0.5) is 8.78 Å². The van der Waals surface area contributed by atoms with E-state index in [4.69, 9.17) is 21.7 Å². The van der Waals surface area contributed by atoms with E-state index in [-0.39, 0.29) is 40.5 Å². The Morgan fingerprint density at radius 1 is 1.39 bits per heavy atom. The molecule has 152 valence electrons. The van der Waals surface area contributed by atoms with Crippen LogP contribution in [0.15, 0.2) is 28.9 Å². The highest BCUT2D eigenvalue weighted by Gasteiger charge is 2.38. The number of nitrogens with zero attached hydrogens (tertiary/aromatic N) is 1. The largest absolute Gasteiger partial charge is 0.375 e. The Balaban J connectivity index is 1.69. The molecule has 0 bridgehead atoms. The molecule has 8 heteroatoms. The molecule has 1 unspecified atom stereocenters. The van der Waals surface area contributed by atoms with Crippen LogP contribution < -0.4 is 5.32 Å². The Morgan fingerprint density at radius 2 is 2.07 bits per heavy atom. The van der Waals surface area contributed by atoms with Crippen molar-refractivity contribution in [3.05, 3.63) is 46.1 Å². The van der Waals surface area contributed by atoms with Crippen LogP contribution in [0.3, 0.4) is 0 Å². The molecule has 3 rings (SSSR count). The number of halogens is 3. The van der Waals surface area contributed by atoms with Gasteiger partial charge in [-0.3, -0.25) is 10.2 Å². The minimum absolute atomic E-state index is 0.0254. The molecule has 5 nitrogen and oxygen atoms in total. The summed E-state index contributed by atoms with van der Waals surface area (Å²) < 4.78 is 33.2. The van der Waals surface area contributed by atoms with Crippen molar-refractivity contribution in [3.63, 3.8) is 0 Å². The van der Waals surface area contributed by atoms with Gasteiger partial charge < -0.3 is 15.0 Å². The summed E-state index contributed by atoms with van der Waals surface area (Å²) >= 11 is 6.25. The van der Waals surface area contributed by atoms with Crippen molar-refractivity contribution in [2.45, 2.75) is 51.3 Å². The van der Waals surface area contributed by atoms with Crippen molar-refractivity contribution in [1.29, 1.82) is 5.41 Å². The quantitative estimate of drug-likeness (QED) is 0.742. The lowest BCUT2D eigenvalue weighted by Gasteiger charge is -2.43. The second-order valence-corrected chi connectivity index (χ2v) is 8.10. The third-order valence-electron chi connectivity index (χ3n) is 5.24. The summed E-state index contributed by atoms with van der Waals surface area (Å²) in [6.07, 6.45) is 1.86. The van der Waals surface area contributed by atoms with Crippen molar-refractivity contribution in [2.24, 2.45) is 0 Å². The normalized spacial score (nSPS) is 24.3. The maximum absolute atomic E-state index is 13.7. The van der Waals surface area contributed by atoms with Crippen LogP contribution >= 0.6 is 11.6 Å². The number of hydrogen-bond acceptors (Lipinski definition) is 4. The molecule has 0 saturated carbocycles. The topological polar surface area (TPSA) is 65.4 Å². The van der Waals surface area contributed by atoms with Crippen molar-refractivity contribution in [1.82, 2.24) is 10.2 Å². The van der Waals surface area contributed by atoms with Gasteiger partial charge in [0.15, 0.2) is 0 Å². The molecule has 0 aliphatic carbocycles. The lowest BCUT2D eigenvalue weighted by molar-refractivity contribution is -0.134. The van der Waals surface area contributed by atoms with E-state index >= 15 is 0 Å². The zero-order chi connectivity index (χ0) is 20.5. The second-order valence-electron chi connectivity index (χ2n) is 7.72. The molecule has 1 amide bonds. The van der Waals surface area contributed by atoms with Gasteiger partial charge in [-0.2, -0.15) is 0 Å². The van der Waals surface area contributed by atoms with E-state index in [9.17, 15) is 13.6 Å². The smallest absolute Gasteiger partial charge is 0.272 e. The number of carbonyl (C=O) groups excluding carboxylic acids is 1. The fourth-order valence-electron chi connectivity index (χ4n) is 3.74. The highest BCUT2D eigenvalue weighted by Crippen LogP contribution is 2.30. The van der Waals surface area contributed by atoms with Crippen LogP contribution in [0, 0.1) is 17.0 Å². The molecule has 2 heterocycles. The number of carbonyl (C=O) groups is 1. The van der Waals surface area contributed by atoms with E-state index in [1.807, 2.05) is 13.8 Å². The highest BCUT2D eigenvalue weighted by molar-refractivity contribution is 6.47. The fourth-order valence-corrected chi connectivity index (χ4v) is 3.99. The fraction of sp³-hybridized carbons (Fsp3) is 0.500. The lowest BCUT2D eigenvalue weighted by Crippen LogP contribution is -2.53. The molecule has 2 N–H and O–H groups in total. The maximum Gasteiger partial charge on any atom is 0.272 e. The van der Waals surface area contributed by atoms with Crippen LogP contribution in [-0.4, -0.2) is 41.3 Å².